The zero-order valence-corrected chi connectivity index (χ0v) is 8.54. The number of aryl methyl sites for hydroxylation is 1. The van der Waals surface area contributed by atoms with Crippen molar-refractivity contribution >= 4 is 11.6 Å². The van der Waals surface area contributed by atoms with Crippen molar-refractivity contribution in [1.82, 2.24) is 4.98 Å². The minimum Gasteiger partial charge on any atom is -0.456 e. The zero-order chi connectivity index (χ0) is 9.97. The quantitative estimate of drug-likeness (QED) is 0.732. The zero-order valence-electron chi connectivity index (χ0n) is 7.79. The number of rotatable bonds is 3. The van der Waals surface area contributed by atoms with E-state index in [1.54, 1.807) is 0 Å². The minimum absolute atomic E-state index is 0.352. The van der Waals surface area contributed by atoms with Crippen molar-refractivity contribution in [2.24, 2.45) is 0 Å². The average molecular weight is 212 g/mol. The highest BCUT2D eigenvalue weighted by Crippen LogP contribution is 2.22. The SMILES string of the molecule is CCc1ccc(-c2nc(CCl)co2)o1. The van der Waals surface area contributed by atoms with E-state index >= 15 is 0 Å². The molecule has 0 saturated carbocycles. The first-order valence-corrected chi connectivity index (χ1v) is 4.96. The molecule has 4 heteroatoms. The van der Waals surface area contributed by atoms with Gasteiger partial charge >= 0.3 is 0 Å². The van der Waals surface area contributed by atoms with E-state index in [1.807, 2.05) is 19.1 Å². The molecule has 2 aromatic heterocycles. The Morgan fingerprint density at radius 3 is 2.86 bits per heavy atom. The molecule has 0 aliphatic rings. The maximum Gasteiger partial charge on any atom is 0.263 e. The van der Waals surface area contributed by atoms with E-state index in [0.29, 0.717) is 17.5 Å². The summed E-state index contributed by atoms with van der Waals surface area (Å²) in [5.74, 6) is 2.41. The highest BCUT2D eigenvalue weighted by Gasteiger charge is 2.09. The summed E-state index contributed by atoms with van der Waals surface area (Å²) in [4.78, 5) is 4.15. The molecule has 2 aromatic rings. The van der Waals surface area contributed by atoms with E-state index in [1.165, 1.54) is 6.26 Å². The highest BCUT2D eigenvalue weighted by molar-refractivity contribution is 6.16. The van der Waals surface area contributed by atoms with Crippen molar-refractivity contribution in [2.45, 2.75) is 19.2 Å². The van der Waals surface area contributed by atoms with Crippen LogP contribution < -0.4 is 0 Å². The topological polar surface area (TPSA) is 39.2 Å². The molecule has 0 aliphatic heterocycles. The molecule has 0 radical (unpaired) electrons. The summed E-state index contributed by atoms with van der Waals surface area (Å²) >= 11 is 5.61. The van der Waals surface area contributed by atoms with Gasteiger partial charge in [-0.1, -0.05) is 6.92 Å². The maximum atomic E-state index is 5.61. The van der Waals surface area contributed by atoms with Crippen molar-refractivity contribution in [1.29, 1.82) is 0 Å². The second-order valence-corrected chi connectivity index (χ2v) is 3.16. The van der Waals surface area contributed by atoms with Crippen LogP contribution in [-0.4, -0.2) is 4.98 Å². The Balaban J connectivity index is 2.29. The Hall–Kier alpha value is -1.22. The number of nitrogens with zero attached hydrogens (tertiary/aromatic N) is 1. The lowest BCUT2D eigenvalue weighted by molar-refractivity contribution is 0.491. The van der Waals surface area contributed by atoms with Gasteiger partial charge in [-0.05, 0) is 12.1 Å². The maximum absolute atomic E-state index is 5.61. The minimum atomic E-state index is 0.352. The second kappa shape index (κ2) is 3.88. The molecule has 74 valence electrons. The van der Waals surface area contributed by atoms with E-state index in [4.69, 9.17) is 20.4 Å². The van der Waals surface area contributed by atoms with E-state index in [0.717, 1.165) is 17.9 Å². The summed E-state index contributed by atoms with van der Waals surface area (Å²) in [6.07, 6.45) is 2.40. The third-order valence-corrected chi connectivity index (χ3v) is 2.18. The van der Waals surface area contributed by atoms with E-state index < -0.39 is 0 Å². The molecule has 0 aromatic carbocycles. The number of alkyl halides is 1. The lowest BCUT2D eigenvalue weighted by atomic mass is 10.3. The number of hydrogen-bond donors (Lipinski definition) is 0. The summed E-state index contributed by atoms with van der Waals surface area (Å²) in [6.45, 7) is 2.03. The number of oxazole rings is 1. The van der Waals surface area contributed by atoms with E-state index in [9.17, 15) is 0 Å². The van der Waals surface area contributed by atoms with Crippen LogP contribution in [0.4, 0.5) is 0 Å². The first-order chi connectivity index (χ1) is 6.83. The normalized spacial score (nSPS) is 10.7. The fourth-order valence-corrected chi connectivity index (χ4v) is 1.29. The molecule has 0 fully saturated rings. The van der Waals surface area contributed by atoms with Crippen LogP contribution in [-0.2, 0) is 12.3 Å². The molecule has 0 spiro atoms. The second-order valence-electron chi connectivity index (χ2n) is 2.90. The van der Waals surface area contributed by atoms with Crippen LogP contribution in [0.2, 0.25) is 0 Å². The lowest BCUT2D eigenvalue weighted by Crippen LogP contribution is -1.77. The van der Waals surface area contributed by atoms with Gasteiger partial charge in [-0.3, -0.25) is 0 Å². The van der Waals surface area contributed by atoms with Crippen LogP contribution in [0.5, 0.6) is 0 Å². The molecule has 2 rings (SSSR count). The molecule has 0 atom stereocenters. The van der Waals surface area contributed by atoms with Crippen molar-refractivity contribution in [3.63, 3.8) is 0 Å². The van der Waals surface area contributed by atoms with Gasteiger partial charge in [0.15, 0.2) is 5.76 Å². The molecular weight excluding hydrogens is 202 g/mol. The molecule has 3 nitrogen and oxygen atoms in total. The van der Waals surface area contributed by atoms with Crippen LogP contribution >= 0.6 is 11.6 Å². The van der Waals surface area contributed by atoms with Gasteiger partial charge < -0.3 is 8.83 Å². The Morgan fingerprint density at radius 2 is 2.29 bits per heavy atom. The first-order valence-electron chi connectivity index (χ1n) is 4.43. The third kappa shape index (κ3) is 1.68. The fraction of sp³-hybridized carbons (Fsp3) is 0.300. The van der Waals surface area contributed by atoms with Crippen LogP contribution in [0.25, 0.3) is 11.7 Å². The molecule has 14 heavy (non-hydrogen) atoms. The summed E-state index contributed by atoms with van der Waals surface area (Å²) in [5.41, 5.74) is 0.719. The lowest BCUT2D eigenvalue weighted by Gasteiger charge is -1.88. The van der Waals surface area contributed by atoms with Crippen LogP contribution in [0.3, 0.4) is 0 Å². The largest absolute Gasteiger partial charge is 0.456 e. The van der Waals surface area contributed by atoms with Gasteiger partial charge in [-0.2, -0.15) is 0 Å². The molecule has 0 aliphatic carbocycles. The number of hydrogen-bond acceptors (Lipinski definition) is 3. The molecule has 0 unspecified atom stereocenters. The molecule has 2 heterocycles. The smallest absolute Gasteiger partial charge is 0.263 e. The van der Waals surface area contributed by atoms with Gasteiger partial charge in [0.25, 0.3) is 5.89 Å². The van der Waals surface area contributed by atoms with Gasteiger partial charge in [0.05, 0.1) is 11.6 Å². The fourth-order valence-electron chi connectivity index (χ4n) is 1.16. The van der Waals surface area contributed by atoms with E-state index in [-0.39, 0.29) is 0 Å². The van der Waals surface area contributed by atoms with E-state index in [2.05, 4.69) is 4.98 Å². The molecule has 0 N–H and O–H groups in total. The Morgan fingerprint density at radius 1 is 1.43 bits per heavy atom. The monoisotopic (exact) mass is 211 g/mol. The predicted molar refractivity (Wildman–Crippen MR) is 53.1 cm³/mol. The van der Waals surface area contributed by atoms with Crippen LogP contribution in [0, 0.1) is 0 Å². The third-order valence-electron chi connectivity index (χ3n) is 1.91. The summed E-state index contributed by atoms with van der Waals surface area (Å²) in [7, 11) is 0. The van der Waals surface area contributed by atoms with Crippen molar-refractivity contribution in [3.05, 3.63) is 29.9 Å². The molecule has 0 bridgehead atoms. The predicted octanol–water partition coefficient (Wildman–Crippen LogP) is 3.24. The van der Waals surface area contributed by atoms with Crippen LogP contribution in [0.1, 0.15) is 18.4 Å². The van der Waals surface area contributed by atoms with Gasteiger partial charge in [0.2, 0.25) is 0 Å². The number of furan rings is 1. The highest BCUT2D eigenvalue weighted by atomic mass is 35.5. The van der Waals surface area contributed by atoms with Crippen molar-refractivity contribution < 1.29 is 8.83 Å². The molecule has 0 amide bonds. The average Bonchev–Trinajstić information content (AvgIpc) is 2.86. The summed E-state index contributed by atoms with van der Waals surface area (Å²) in [6, 6.07) is 3.77. The molecular formula is C10H10ClNO2. The van der Waals surface area contributed by atoms with Crippen molar-refractivity contribution in [3.8, 4) is 11.7 Å². The Kier molecular flexibility index (Phi) is 2.59. The van der Waals surface area contributed by atoms with Gasteiger partial charge in [-0.15, -0.1) is 11.6 Å². The Labute approximate surface area is 86.7 Å². The first kappa shape index (κ1) is 9.34. The standard InChI is InChI=1S/C10H10ClNO2/c1-2-8-3-4-9(14-8)10-12-7(5-11)6-13-10/h3-4,6H,2,5H2,1H3. The summed E-state index contributed by atoms with van der Waals surface area (Å²) in [5, 5.41) is 0. The van der Waals surface area contributed by atoms with Crippen molar-refractivity contribution in [2.75, 3.05) is 0 Å². The molecule has 0 saturated heterocycles. The van der Waals surface area contributed by atoms with Gasteiger partial charge in [0.1, 0.15) is 12.0 Å². The Bertz CT molecular complexity index is 379. The van der Waals surface area contributed by atoms with Gasteiger partial charge in [-0.25, -0.2) is 4.98 Å². The van der Waals surface area contributed by atoms with Gasteiger partial charge in [0, 0.05) is 6.42 Å². The summed E-state index contributed by atoms with van der Waals surface area (Å²) < 4.78 is 10.7. The number of aromatic nitrogens is 1. The van der Waals surface area contributed by atoms with Crippen LogP contribution in [0.15, 0.2) is 27.2 Å². The number of halogens is 1.